The van der Waals surface area contributed by atoms with Gasteiger partial charge in [-0.2, -0.15) is 0 Å². The van der Waals surface area contributed by atoms with Crippen LogP contribution in [0, 0.1) is 6.92 Å². The van der Waals surface area contributed by atoms with Crippen LogP contribution in [0.15, 0.2) is 24.3 Å². The summed E-state index contributed by atoms with van der Waals surface area (Å²) in [6.07, 6.45) is 0.789. The summed E-state index contributed by atoms with van der Waals surface area (Å²) in [5, 5.41) is 2.97. The number of anilines is 1. The lowest BCUT2D eigenvalue weighted by Gasteiger charge is -2.11. The summed E-state index contributed by atoms with van der Waals surface area (Å²) < 4.78 is 10.7. The number of thiophene rings is 1. The molecule has 0 atom stereocenters. The Morgan fingerprint density at radius 3 is 2.48 bits per heavy atom. The van der Waals surface area contributed by atoms with Crippen molar-refractivity contribution >= 4 is 34.0 Å². The van der Waals surface area contributed by atoms with E-state index >= 15 is 0 Å². The number of benzene rings is 1. The Balaban J connectivity index is 2.18. The highest BCUT2D eigenvalue weighted by Crippen LogP contribution is 2.34. The molecule has 1 amide bonds. The maximum absolute atomic E-state index is 12.3. The Morgan fingerprint density at radius 1 is 1.15 bits per heavy atom. The van der Waals surface area contributed by atoms with Gasteiger partial charge in [0.2, 0.25) is 0 Å². The second kappa shape index (κ2) is 9.32. The number of esters is 1. The van der Waals surface area contributed by atoms with E-state index in [1.165, 1.54) is 6.92 Å². The molecule has 0 bridgehead atoms. The monoisotopic (exact) mass is 389 g/mol. The van der Waals surface area contributed by atoms with Crippen molar-refractivity contribution in [2.45, 2.75) is 34.1 Å². The Kier molecular flexibility index (Phi) is 7.12. The van der Waals surface area contributed by atoms with Crippen LogP contribution in [-0.4, -0.2) is 30.9 Å². The van der Waals surface area contributed by atoms with Crippen molar-refractivity contribution in [3.05, 3.63) is 45.8 Å². The quantitative estimate of drug-likeness (QED) is 0.545. The van der Waals surface area contributed by atoms with Gasteiger partial charge in [0.25, 0.3) is 5.91 Å². The first-order chi connectivity index (χ1) is 12.9. The average Bonchev–Trinajstić information content (AvgIpc) is 2.96. The van der Waals surface area contributed by atoms with E-state index in [-0.39, 0.29) is 24.6 Å². The smallest absolute Gasteiger partial charge is 0.341 e. The van der Waals surface area contributed by atoms with Gasteiger partial charge in [-0.15, -0.1) is 11.3 Å². The summed E-state index contributed by atoms with van der Waals surface area (Å²) in [4.78, 5) is 36.8. The number of hydrogen-bond acceptors (Lipinski definition) is 6. The second-order valence-corrected chi connectivity index (χ2v) is 6.86. The zero-order valence-corrected chi connectivity index (χ0v) is 16.7. The standard InChI is InChI=1S/C20H23NO5S/c1-5-14-9-7-8-10-15(14)26-11-16(23)21-19-17(20(24)25-6-2)12(3)18(27-19)13(4)22/h7-10H,5-6,11H2,1-4H3,(H,21,23). The first-order valence-corrected chi connectivity index (χ1v) is 9.52. The van der Waals surface area contributed by atoms with Crippen molar-refractivity contribution in [3.63, 3.8) is 0 Å². The molecule has 27 heavy (non-hydrogen) atoms. The third-order valence-corrected chi connectivity index (χ3v) is 5.22. The van der Waals surface area contributed by atoms with Gasteiger partial charge in [0, 0.05) is 0 Å². The van der Waals surface area contributed by atoms with E-state index in [1.54, 1.807) is 19.9 Å². The first kappa shape index (κ1) is 20.6. The molecule has 1 N–H and O–H groups in total. The van der Waals surface area contributed by atoms with E-state index in [1.807, 2.05) is 25.1 Å². The van der Waals surface area contributed by atoms with E-state index < -0.39 is 11.9 Å². The maximum atomic E-state index is 12.3. The summed E-state index contributed by atoms with van der Waals surface area (Å²) in [7, 11) is 0. The van der Waals surface area contributed by atoms with Crippen LogP contribution < -0.4 is 10.1 Å². The fraction of sp³-hybridized carbons (Fsp3) is 0.350. The highest BCUT2D eigenvalue weighted by Gasteiger charge is 2.25. The van der Waals surface area contributed by atoms with Crippen molar-refractivity contribution in [2.75, 3.05) is 18.5 Å². The van der Waals surface area contributed by atoms with Gasteiger partial charge in [0.05, 0.1) is 17.0 Å². The van der Waals surface area contributed by atoms with Gasteiger partial charge in [-0.05, 0) is 44.4 Å². The highest BCUT2D eigenvalue weighted by atomic mass is 32.1. The number of rotatable bonds is 8. The predicted molar refractivity (Wildman–Crippen MR) is 105 cm³/mol. The van der Waals surface area contributed by atoms with Crippen LogP contribution in [0.25, 0.3) is 0 Å². The molecule has 7 heteroatoms. The lowest BCUT2D eigenvalue weighted by Crippen LogP contribution is -2.21. The van der Waals surface area contributed by atoms with E-state index in [0.717, 1.165) is 23.3 Å². The SMILES string of the molecule is CCOC(=O)c1c(NC(=O)COc2ccccc2CC)sc(C(C)=O)c1C. The number of ether oxygens (including phenoxy) is 2. The highest BCUT2D eigenvalue weighted by molar-refractivity contribution is 7.18. The van der Waals surface area contributed by atoms with E-state index in [9.17, 15) is 14.4 Å². The normalized spacial score (nSPS) is 10.4. The molecule has 1 heterocycles. The van der Waals surface area contributed by atoms with Gasteiger partial charge < -0.3 is 14.8 Å². The molecule has 144 valence electrons. The molecule has 1 aromatic carbocycles. The lowest BCUT2D eigenvalue weighted by atomic mass is 10.1. The molecule has 0 aliphatic carbocycles. The Hall–Kier alpha value is -2.67. The maximum Gasteiger partial charge on any atom is 0.341 e. The lowest BCUT2D eigenvalue weighted by molar-refractivity contribution is -0.118. The number of para-hydroxylation sites is 1. The molecule has 0 radical (unpaired) electrons. The van der Waals surface area contributed by atoms with E-state index in [4.69, 9.17) is 9.47 Å². The van der Waals surface area contributed by atoms with Crippen LogP contribution in [0.2, 0.25) is 0 Å². The largest absolute Gasteiger partial charge is 0.483 e. The molecule has 0 saturated heterocycles. The third kappa shape index (κ3) is 4.95. The minimum Gasteiger partial charge on any atom is -0.483 e. The minimum atomic E-state index is -0.564. The van der Waals surface area contributed by atoms with E-state index in [2.05, 4.69) is 5.32 Å². The van der Waals surface area contributed by atoms with Crippen LogP contribution >= 0.6 is 11.3 Å². The number of carbonyl (C=O) groups excluding carboxylic acids is 3. The minimum absolute atomic E-state index is 0.170. The van der Waals surface area contributed by atoms with Crippen molar-refractivity contribution in [3.8, 4) is 5.75 Å². The van der Waals surface area contributed by atoms with Crippen LogP contribution in [-0.2, 0) is 16.0 Å². The van der Waals surface area contributed by atoms with E-state index in [0.29, 0.717) is 21.2 Å². The molecule has 1 aromatic heterocycles. The number of Topliss-reactive ketones (excluding diaryl/α,β-unsaturated/α-hetero) is 1. The molecule has 0 aliphatic heterocycles. The van der Waals surface area contributed by atoms with Gasteiger partial charge in [0.1, 0.15) is 10.8 Å². The molecule has 0 unspecified atom stereocenters. The summed E-state index contributed by atoms with van der Waals surface area (Å²) in [5.41, 5.74) is 1.73. The van der Waals surface area contributed by atoms with Crippen molar-refractivity contribution in [1.82, 2.24) is 0 Å². The number of ketones is 1. The van der Waals surface area contributed by atoms with Gasteiger partial charge in [0.15, 0.2) is 12.4 Å². The van der Waals surface area contributed by atoms with Crippen molar-refractivity contribution in [2.24, 2.45) is 0 Å². The number of aryl methyl sites for hydroxylation is 1. The molecule has 6 nitrogen and oxygen atoms in total. The van der Waals surface area contributed by atoms with Crippen LogP contribution in [0.1, 0.15) is 51.9 Å². The average molecular weight is 389 g/mol. The van der Waals surface area contributed by atoms with Crippen LogP contribution in [0.4, 0.5) is 5.00 Å². The van der Waals surface area contributed by atoms with Crippen molar-refractivity contribution < 1.29 is 23.9 Å². The summed E-state index contributed by atoms with van der Waals surface area (Å²) in [6, 6.07) is 7.50. The van der Waals surface area contributed by atoms with Gasteiger partial charge >= 0.3 is 5.97 Å². The third-order valence-electron chi connectivity index (χ3n) is 3.91. The number of amides is 1. The molecule has 0 saturated carbocycles. The topological polar surface area (TPSA) is 81.7 Å². The summed E-state index contributed by atoms with van der Waals surface area (Å²) >= 11 is 1.07. The van der Waals surface area contributed by atoms with Crippen LogP contribution in [0.3, 0.4) is 0 Å². The predicted octanol–water partition coefficient (Wildman–Crippen LogP) is 4.02. The number of carbonyl (C=O) groups is 3. The second-order valence-electron chi connectivity index (χ2n) is 5.84. The summed E-state index contributed by atoms with van der Waals surface area (Å²) in [5.74, 6) is -0.502. The number of hydrogen-bond donors (Lipinski definition) is 1. The van der Waals surface area contributed by atoms with Gasteiger partial charge in [-0.25, -0.2) is 4.79 Å². The zero-order valence-electron chi connectivity index (χ0n) is 15.9. The Morgan fingerprint density at radius 2 is 1.85 bits per heavy atom. The Labute approximate surface area is 162 Å². The molecule has 2 rings (SSSR count). The molecule has 2 aromatic rings. The first-order valence-electron chi connectivity index (χ1n) is 8.70. The van der Waals surface area contributed by atoms with Crippen LogP contribution in [0.5, 0.6) is 5.75 Å². The molecule has 0 fully saturated rings. The fourth-order valence-electron chi connectivity index (χ4n) is 2.63. The van der Waals surface area contributed by atoms with Crippen molar-refractivity contribution in [1.29, 1.82) is 0 Å². The molecular weight excluding hydrogens is 366 g/mol. The van der Waals surface area contributed by atoms with Gasteiger partial charge in [-0.3, -0.25) is 9.59 Å². The number of nitrogens with one attached hydrogen (secondary N) is 1. The molecule has 0 spiro atoms. The zero-order chi connectivity index (χ0) is 20.0. The molecular formula is C20H23NO5S. The Bertz CT molecular complexity index is 856. The summed E-state index contributed by atoms with van der Waals surface area (Å²) in [6.45, 7) is 6.79. The molecule has 0 aliphatic rings. The van der Waals surface area contributed by atoms with Gasteiger partial charge in [-0.1, -0.05) is 25.1 Å². The fourth-order valence-corrected chi connectivity index (χ4v) is 3.74.